The molecular formula is C30H40O6. The normalized spacial score (nSPS) is 11.1. The van der Waals surface area contributed by atoms with E-state index in [2.05, 4.69) is 6.92 Å². The van der Waals surface area contributed by atoms with Gasteiger partial charge in [0.1, 0.15) is 0 Å². The van der Waals surface area contributed by atoms with Crippen molar-refractivity contribution in [3.63, 3.8) is 0 Å². The molecule has 0 spiro atoms. The summed E-state index contributed by atoms with van der Waals surface area (Å²) in [4.78, 5) is 45.7. The summed E-state index contributed by atoms with van der Waals surface area (Å²) in [5, 5.41) is 0. The molecule has 196 valence electrons. The van der Waals surface area contributed by atoms with E-state index in [-0.39, 0.29) is 6.29 Å². The van der Waals surface area contributed by atoms with Gasteiger partial charge >= 0.3 is 18.2 Å². The van der Waals surface area contributed by atoms with E-state index < -0.39 is 11.9 Å². The Bertz CT molecular complexity index is 900. The molecule has 0 amide bonds. The molecule has 0 N–H and O–H groups in total. The van der Waals surface area contributed by atoms with Crippen molar-refractivity contribution >= 4 is 11.9 Å². The van der Waals surface area contributed by atoms with Crippen molar-refractivity contribution in [1.29, 1.82) is 0 Å². The predicted octanol–water partition coefficient (Wildman–Crippen LogP) is 8.02. The first-order valence-corrected chi connectivity index (χ1v) is 12.9. The molecule has 0 aliphatic heterocycles. The fourth-order valence-corrected chi connectivity index (χ4v) is 3.81. The van der Waals surface area contributed by atoms with Gasteiger partial charge in [-0.3, -0.25) is 9.78 Å². The van der Waals surface area contributed by atoms with Crippen LogP contribution in [0.25, 0.3) is 0 Å². The lowest BCUT2D eigenvalue weighted by Gasteiger charge is -2.15. The van der Waals surface area contributed by atoms with Gasteiger partial charge in [0.05, 0.1) is 11.1 Å². The topological polar surface area (TPSA) is 71.1 Å². The summed E-state index contributed by atoms with van der Waals surface area (Å²) in [7, 11) is 0. The Kier molecular flexibility index (Phi) is 13.2. The van der Waals surface area contributed by atoms with Crippen LogP contribution in [0.4, 0.5) is 0 Å². The van der Waals surface area contributed by atoms with Gasteiger partial charge in [-0.25, -0.2) is 9.59 Å². The Morgan fingerprint density at radius 2 is 1.03 bits per heavy atom. The molecule has 6 heteroatoms. The molecule has 0 unspecified atom stereocenters. The molecule has 6 nitrogen and oxygen atoms in total. The van der Waals surface area contributed by atoms with E-state index in [9.17, 15) is 9.59 Å². The monoisotopic (exact) mass is 496 g/mol. The number of carbonyl (C=O) groups is 2. The highest BCUT2D eigenvalue weighted by atomic mass is 17.3. The second-order valence-electron chi connectivity index (χ2n) is 9.21. The molecule has 0 aromatic heterocycles. The molecule has 0 bridgehead atoms. The first-order chi connectivity index (χ1) is 17.3. The fraction of sp³-hybridized carbons (Fsp3) is 0.467. The van der Waals surface area contributed by atoms with Crippen LogP contribution in [-0.4, -0.2) is 11.9 Å². The lowest BCUT2D eigenvalue weighted by atomic mass is 10.0. The molecule has 2 aromatic rings. The maximum atomic E-state index is 12.6. The van der Waals surface area contributed by atoms with E-state index >= 15 is 0 Å². The van der Waals surface area contributed by atoms with Crippen molar-refractivity contribution in [3.8, 4) is 0 Å². The van der Waals surface area contributed by atoms with E-state index in [1.807, 2.05) is 39.8 Å². The van der Waals surface area contributed by atoms with E-state index in [0.717, 1.165) is 54.4 Å². The Morgan fingerprint density at radius 3 is 1.47 bits per heavy atom. The van der Waals surface area contributed by atoms with Crippen molar-refractivity contribution in [2.75, 3.05) is 0 Å². The van der Waals surface area contributed by atoms with E-state index in [1.54, 1.807) is 24.3 Å². The standard InChI is InChI=1S/C30H40O6/c1-6-7-8-9-10-11-12-13-14-21-28(33-35-29(31)26-19-15-17-22(2)24(26)4)34-36-30(32)27-20-16-18-23(3)25(27)5/h15-20H,1,6-14,21H2,2-5H3. The van der Waals surface area contributed by atoms with Gasteiger partial charge in [0.25, 0.3) is 0 Å². The van der Waals surface area contributed by atoms with Crippen LogP contribution in [0, 0.1) is 40.9 Å². The fourth-order valence-electron chi connectivity index (χ4n) is 3.81. The molecule has 2 aromatic carbocycles. The molecule has 0 saturated carbocycles. The molecule has 0 atom stereocenters. The quantitative estimate of drug-likeness (QED) is 0.133. The minimum absolute atomic E-state index is 0.0669. The van der Waals surface area contributed by atoms with Crippen molar-refractivity contribution < 1.29 is 29.1 Å². The van der Waals surface area contributed by atoms with Crippen LogP contribution in [0.15, 0.2) is 36.4 Å². The van der Waals surface area contributed by atoms with Gasteiger partial charge in [-0.15, -0.1) is 9.78 Å². The molecule has 0 saturated heterocycles. The van der Waals surface area contributed by atoms with Crippen LogP contribution >= 0.6 is 0 Å². The maximum absolute atomic E-state index is 12.6. The molecule has 0 fully saturated rings. The summed E-state index contributed by atoms with van der Waals surface area (Å²) in [5.74, 6) is -1.28. The first-order valence-electron chi connectivity index (χ1n) is 12.9. The summed E-state index contributed by atoms with van der Waals surface area (Å²) in [5.41, 5.74) is 4.37. The van der Waals surface area contributed by atoms with Gasteiger partial charge in [-0.1, -0.05) is 82.6 Å². The van der Waals surface area contributed by atoms with Crippen molar-refractivity contribution in [2.24, 2.45) is 0 Å². The highest BCUT2D eigenvalue weighted by Gasteiger charge is 2.23. The average molecular weight is 497 g/mol. The minimum Gasteiger partial charge on any atom is -0.289 e. The second-order valence-corrected chi connectivity index (χ2v) is 9.21. The summed E-state index contributed by atoms with van der Waals surface area (Å²) in [6.45, 7) is 11.4. The summed E-state index contributed by atoms with van der Waals surface area (Å²) >= 11 is 0. The summed E-state index contributed by atoms with van der Waals surface area (Å²) < 4.78 is 0. The number of unbranched alkanes of at least 4 members (excludes halogenated alkanes) is 8. The third kappa shape index (κ3) is 9.75. The third-order valence-corrected chi connectivity index (χ3v) is 6.45. The number of aryl methyl sites for hydroxylation is 2. The molecule has 0 aliphatic carbocycles. The number of hydrogen-bond acceptors (Lipinski definition) is 6. The van der Waals surface area contributed by atoms with Gasteiger partial charge < -0.3 is 0 Å². The number of hydrogen-bond donors (Lipinski definition) is 0. The lowest BCUT2D eigenvalue weighted by Crippen LogP contribution is -2.17. The first kappa shape index (κ1) is 29.5. The molecule has 0 heterocycles. The van der Waals surface area contributed by atoms with Crippen molar-refractivity contribution in [3.05, 3.63) is 83.0 Å². The van der Waals surface area contributed by atoms with E-state index in [0.29, 0.717) is 17.5 Å². The zero-order valence-electron chi connectivity index (χ0n) is 22.2. The van der Waals surface area contributed by atoms with Crippen LogP contribution in [0.5, 0.6) is 0 Å². The SMILES string of the molecule is [CH2]CCCCCCCCCC[C](OOC(=O)c1cccc(C)c1C)OOC(=O)c1cccc(C)c1C. The van der Waals surface area contributed by atoms with Crippen LogP contribution in [0.1, 0.15) is 107 Å². The summed E-state index contributed by atoms with van der Waals surface area (Å²) in [6.07, 6.45) is 10.1. The Hall–Kier alpha value is -2.70. The highest BCUT2D eigenvalue weighted by Crippen LogP contribution is 2.22. The number of benzene rings is 2. The Labute approximate surface area is 216 Å². The van der Waals surface area contributed by atoms with Gasteiger partial charge in [0.15, 0.2) is 0 Å². The second kappa shape index (κ2) is 16.1. The van der Waals surface area contributed by atoms with E-state index in [1.165, 1.54) is 25.7 Å². The molecule has 36 heavy (non-hydrogen) atoms. The minimum atomic E-state index is -0.638. The molecule has 2 radical (unpaired) electrons. The van der Waals surface area contributed by atoms with Crippen molar-refractivity contribution in [2.45, 2.75) is 91.9 Å². The van der Waals surface area contributed by atoms with E-state index in [4.69, 9.17) is 19.6 Å². The Balaban J connectivity index is 1.89. The Morgan fingerprint density at radius 1 is 0.611 bits per heavy atom. The largest absolute Gasteiger partial charge is 0.373 e. The van der Waals surface area contributed by atoms with Crippen molar-refractivity contribution in [1.82, 2.24) is 0 Å². The average Bonchev–Trinajstić information content (AvgIpc) is 2.87. The molecule has 0 aliphatic rings. The van der Waals surface area contributed by atoms with Gasteiger partial charge in [-0.05, 0) is 68.5 Å². The number of rotatable bonds is 16. The summed E-state index contributed by atoms with van der Waals surface area (Å²) in [6, 6.07) is 10.7. The van der Waals surface area contributed by atoms with Gasteiger partial charge in [0, 0.05) is 6.42 Å². The smallest absolute Gasteiger partial charge is 0.289 e. The third-order valence-electron chi connectivity index (χ3n) is 6.45. The van der Waals surface area contributed by atoms with Gasteiger partial charge in [-0.2, -0.15) is 0 Å². The maximum Gasteiger partial charge on any atom is 0.373 e. The van der Waals surface area contributed by atoms with Gasteiger partial charge in [0.2, 0.25) is 0 Å². The molecule has 2 rings (SSSR count). The molecular weight excluding hydrogens is 456 g/mol. The zero-order chi connectivity index (χ0) is 26.3. The van der Waals surface area contributed by atoms with Crippen LogP contribution in [-0.2, 0) is 19.6 Å². The van der Waals surface area contributed by atoms with Crippen LogP contribution in [0.3, 0.4) is 0 Å². The lowest BCUT2D eigenvalue weighted by molar-refractivity contribution is -0.364. The predicted molar refractivity (Wildman–Crippen MR) is 140 cm³/mol. The van der Waals surface area contributed by atoms with Crippen LogP contribution < -0.4 is 0 Å². The van der Waals surface area contributed by atoms with Crippen LogP contribution in [0.2, 0.25) is 0 Å². The number of carbonyl (C=O) groups excluding carboxylic acids is 2. The zero-order valence-corrected chi connectivity index (χ0v) is 22.2. The highest BCUT2D eigenvalue weighted by molar-refractivity contribution is 5.91.